The quantitative estimate of drug-likeness (QED) is 0.292. The van der Waals surface area contributed by atoms with Gasteiger partial charge in [0.25, 0.3) is 0 Å². The molecule has 45 heavy (non-hydrogen) atoms. The Hall–Kier alpha value is -2.61. The summed E-state index contributed by atoms with van der Waals surface area (Å²) in [6.07, 6.45) is 6.18. The molecule has 0 saturated heterocycles. The van der Waals surface area contributed by atoms with Crippen LogP contribution in [0.1, 0.15) is 78.6 Å². The topological polar surface area (TPSA) is 99.5 Å². The maximum Gasteiger partial charge on any atom is 0.305 e. The number of fused-ring (bicyclic) bond motifs is 7. The summed E-state index contributed by atoms with van der Waals surface area (Å²) in [5.74, 6) is 3.08. The summed E-state index contributed by atoms with van der Waals surface area (Å²) in [5, 5.41) is 33.8. The predicted molar refractivity (Wildman–Crippen MR) is 173 cm³/mol. The summed E-state index contributed by atoms with van der Waals surface area (Å²) >= 11 is 0. The van der Waals surface area contributed by atoms with Crippen LogP contribution in [0.2, 0.25) is 0 Å². The second kappa shape index (κ2) is 11.9. The number of hydrogen-bond acceptors (Lipinski definition) is 7. The highest BCUT2D eigenvalue weighted by Gasteiger charge is 2.65. The number of hydrogen-bond donors (Lipinski definition) is 3. The fraction of sp³-hybridized carbons (Fsp3) is 0.658. The van der Waals surface area contributed by atoms with E-state index in [1.807, 2.05) is 48.5 Å². The van der Waals surface area contributed by atoms with Gasteiger partial charge in [-0.2, -0.15) is 0 Å². The maximum atomic E-state index is 13.0. The number of ether oxygens (including phenoxy) is 2. The van der Waals surface area contributed by atoms with E-state index in [0.717, 1.165) is 74.2 Å². The first-order chi connectivity index (χ1) is 21.6. The van der Waals surface area contributed by atoms with E-state index in [9.17, 15) is 20.1 Å². The molecule has 0 bridgehead atoms. The number of esters is 1. The Kier molecular flexibility index (Phi) is 8.19. The first-order valence-corrected chi connectivity index (χ1v) is 17.4. The largest absolute Gasteiger partial charge is 0.464 e. The van der Waals surface area contributed by atoms with Gasteiger partial charge >= 0.3 is 5.97 Å². The zero-order valence-electron chi connectivity index (χ0n) is 27.1. The average Bonchev–Trinajstić information content (AvgIpc) is 3.39. The molecule has 7 heteroatoms. The van der Waals surface area contributed by atoms with Crippen LogP contribution in [0.25, 0.3) is 0 Å². The van der Waals surface area contributed by atoms with E-state index in [4.69, 9.17) is 9.47 Å². The minimum Gasteiger partial charge on any atom is -0.464 e. The smallest absolute Gasteiger partial charge is 0.305 e. The van der Waals surface area contributed by atoms with Crippen molar-refractivity contribution >= 4 is 17.3 Å². The van der Waals surface area contributed by atoms with Gasteiger partial charge in [-0.1, -0.05) is 45.0 Å². The van der Waals surface area contributed by atoms with Crippen molar-refractivity contribution in [1.29, 1.82) is 0 Å². The van der Waals surface area contributed by atoms with Gasteiger partial charge in [0.15, 0.2) is 11.5 Å². The highest BCUT2D eigenvalue weighted by Crippen LogP contribution is 2.68. The molecule has 7 nitrogen and oxygen atoms in total. The molecule has 0 aromatic heterocycles. The number of aliphatic hydroxyl groups excluding tert-OH is 3. The normalized spacial score (nSPS) is 38.9. The Morgan fingerprint density at radius 1 is 0.956 bits per heavy atom. The predicted octanol–water partition coefficient (Wildman–Crippen LogP) is 6.85. The molecule has 0 spiro atoms. The van der Waals surface area contributed by atoms with Gasteiger partial charge < -0.3 is 29.7 Å². The molecule has 4 fully saturated rings. The molecule has 7 rings (SSSR count). The maximum absolute atomic E-state index is 13.0. The van der Waals surface area contributed by atoms with E-state index in [0.29, 0.717) is 30.7 Å². The molecule has 0 radical (unpaired) electrons. The summed E-state index contributed by atoms with van der Waals surface area (Å²) in [6.45, 7) is 7.71. The zero-order valence-corrected chi connectivity index (χ0v) is 27.1. The highest BCUT2D eigenvalue weighted by atomic mass is 16.5. The molecule has 1 heterocycles. The zero-order chi connectivity index (χ0) is 31.5. The van der Waals surface area contributed by atoms with Crippen molar-refractivity contribution in [3.05, 3.63) is 48.5 Å². The number of aliphatic hydroxyl groups is 3. The van der Waals surface area contributed by atoms with Gasteiger partial charge in [-0.15, -0.1) is 0 Å². The standard InChI is InChI=1S/C38H51NO6/c1-23(12-15-35(43)44-19-18-39-29-8-4-6-10-32(29)45-33-11-7-5-9-30(33)39)26-13-14-27-36-28(22-34(42)38(26,27)3)37(2)17-16-25(40)20-24(37)21-31(36)41/h4-11,23-28,31,34,36,40-42H,12-22H2,1-3H3. The fourth-order valence-corrected chi connectivity index (χ4v) is 11.0. The van der Waals surface area contributed by atoms with E-state index in [-0.39, 0.29) is 53.4 Å². The molecule has 2 aromatic carbocycles. The number of anilines is 2. The third-order valence-electron chi connectivity index (χ3n) is 13.4. The monoisotopic (exact) mass is 617 g/mol. The van der Waals surface area contributed by atoms with Gasteiger partial charge in [-0.3, -0.25) is 4.79 Å². The molecule has 4 saturated carbocycles. The Morgan fingerprint density at radius 2 is 1.64 bits per heavy atom. The summed E-state index contributed by atoms with van der Waals surface area (Å²) < 4.78 is 11.9. The van der Waals surface area contributed by atoms with Crippen LogP contribution in [-0.4, -0.2) is 52.8 Å². The lowest BCUT2D eigenvalue weighted by molar-refractivity contribution is -0.207. The number of benzene rings is 2. The number of carbonyl (C=O) groups excluding carboxylic acids is 1. The van der Waals surface area contributed by atoms with E-state index >= 15 is 0 Å². The summed E-state index contributed by atoms with van der Waals surface area (Å²) in [5.41, 5.74) is 1.74. The lowest BCUT2D eigenvalue weighted by Crippen LogP contribution is -2.62. The third kappa shape index (κ3) is 5.18. The molecule has 11 unspecified atom stereocenters. The molecule has 3 N–H and O–H groups in total. The van der Waals surface area contributed by atoms with Crippen LogP contribution in [0.5, 0.6) is 11.5 Å². The van der Waals surface area contributed by atoms with Crippen LogP contribution in [0, 0.1) is 46.3 Å². The van der Waals surface area contributed by atoms with Crippen molar-refractivity contribution in [3.63, 3.8) is 0 Å². The second-order valence-electron chi connectivity index (χ2n) is 15.5. The van der Waals surface area contributed by atoms with Crippen LogP contribution in [0.4, 0.5) is 11.4 Å². The van der Waals surface area contributed by atoms with Gasteiger partial charge in [0.05, 0.1) is 36.2 Å². The Balaban J connectivity index is 0.965. The minimum absolute atomic E-state index is 0.0737. The number of para-hydroxylation sites is 4. The molecule has 4 aliphatic carbocycles. The van der Waals surface area contributed by atoms with Gasteiger partial charge in [0, 0.05) is 6.42 Å². The third-order valence-corrected chi connectivity index (χ3v) is 13.4. The highest BCUT2D eigenvalue weighted by molar-refractivity contribution is 5.77. The Bertz CT molecular complexity index is 1350. The first kappa shape index (κ1) is 31.0. The van der Waals surface area contributed by atoms with Crippen molar-refractivity contribution in [1.82, 2.24) is 0 Å². The summed E-state index contributed by atoms with van der Waals surface area (Å²) in [6, 6.07) is 15.8. The van der Waals surface area contributed by atoms with Gasteiger partial charge in [0.2, 0.25) is 0 Å². The van der Waals surface area contributed by atoms with E-state index in [1.165, 1.54) is 0 Å². The minimum atomic E-state index is -0.417. The lowest BCUT2D eigenvalue weighted by Gasteiger charge is -2.63. The number of rotatable bonds is 7. The molecular weight excluding hydrogens is 566 g/mol. The molecular formula is C38H51NO6. The van der Waals surface area contributed by atoms with Gasteiger partial charge in [-0.05, 0) is 122 Å². The van der Waals surface area contributed by atoms with Crippen molar-refractivity contribution in [3.8, 4) is 11.5 Å². The molecule has 244 valence electrons. The van der Waals surface area contributed by atoms with Crippen LogP contribution >= 0.6 is 0 Å². The van der Waals surface area contributed by atoms with E-state index < -0.39 is 6.10 Å². The number of carbonyl (C=O) groups is 1. The fourth-order valence-electron chi connectivity index (χ4n) is 11.0. The summed E-state index contributed by atoms with van der Waals surface area (Å²) in [4.78, 5) is 15.1. The Labute approximate surface area is 267 Å². The van der Waals surface area contributed by atoms with Crippen molar-refractivity contribution in [2.45, 2.75) is 96.9 Å². The molecule has 5 aliphatic rings. The second-order valence-corrected chi connectivity index (χ2v) is 15.5. The number of nitrogens with zero attached hydrogens (tertiary/aromatic N) is 1. The van der Waals surface area contributed by atoms with Crippen LogP contribution < -0.4 is 9.64 Å². The Morgan fingerprint density at radius 3 is 2.36 bits per heavy atom. The molecule has 0 amide bonds. The first-order valence-electron chi connectivity index (χ1n) is 17.4. The van der Waals surface area contributed by atoms with Crippen molar-refractivity contribution in [2.24, 2.45) is 46.3 Å². The van der Waals surface area contributed by atoms with Crippen LogP contribution in [-0.2, 0) is 9.53 Å². The SMILES string of the molecule is CC(CCC(=O)OCCN1c2ccccc2Oc2ccccc21)C1CCC2C3C(O)CC4CC(O)CCC4(C)C3CC(O)C12C. The average molecular weight is 618 g/mol. The molecule has 11 atom stereocenters. The summed E-state index contributed by atoms with van der Waals surface area (Å²) in [7, 11) is 0. The van der Waals surface area contributed by atoms with E-state index in [1.54, 1.807) is 0 Å². The van der Waals surface area contributed by atoms with Crippen LogP contribution in [0.15, 0.2) is 48.5 Å². The van der Waals surface area contributed by atoms with Crippen molar-refractivity contribution < 1.29 is 29.6 Å². The van der Waals surface area contributed by atoms with Crippen LogP contribution in [0.3, 0.4) is 0 Å². The van der Waals surface area contributed by atoms with Crippen molar-refractivity contribution in [2.75, 3.05) is 18.1 Å². The molecule has 1 aliphatic heterocycles. The van der Waals surface area contributed by atoms with Gasteiger partial charge in [0.1, 0.15) is 6.61 Å². The molecule has 2 aromatic rings. The van der Waals surface area contributed by atoms with E-state index in [2.05, 4.69) is 25.7 Å². The lowest BCUT2D eigenvalue weighted by atomic mass is 9.43. The van der Waals surface area contributed by atoms with Gasteiger partial charge in [-0.25, -0.2) is 0 Å².